The Hall–Kier alpha value is -1.37. The molecule has 2 heterocycles. The van der Waals surface area contributed by atoms with Gasteiger partial charge in [-0.25, -0.2) is 9.67 Å². The first-order chi connectivity index (χ1) is 8.41. The Bertz CT molecular complexity index is 430. The van der Waals surface area contributed by atoms with E-state index in [1.165, 1.54) is 4.68 Å². The summed E-state index contributed by atoms with van der Waals surface area (Å²) in [5.41, 5.74) is -0.899. The zero-order valence-electron chi connectivity index (χ0n) is 10.1. The Labute approximate surface area is 103 Å². The van der Waals surface area contributed by atoms with Crippen LogP contribution in [0.25, 0.3) is 0 Å². The van der Waals surface area contributed by atoms with E-state index in [0.29, 0.717) is 0 Å². The quantitative estimate of drug-likeness (QED) is 0.765. The lowest BCUT2D eigenvalue weighted by molar-refractivity contribution is -0.141. The summed E-state index contributed by atoms with van der Waals surface area (Å²) in [6.45, 7) is 5.01. The van der Waals surface area contributed by atoms with Crippen LogP contribution in [0.15, 0.2) is 11.1 Å². The number of rotatable bonds is 2. The topological polar surface area (TPSA) is 33.4 Å². The summed E-state index contributed by atoms with van der Waals surface area (Å²) in [7, 11) is 1.99. The summed E-state index contributed by atoms with van der Waals surface area (Å²) in [5.74, 6) is 0.192. The highest BCUT2D eigenvalue weighted by Crippen LogP contribution is 2.34. The number of piperidine rings is 1. The zero-order valence-corrected chi connectivity index (χ0v) is 10.1. The van der Waals surface area contributed by atoms with Crippen molar-refractivity contribution >= 4 is 12.5 Å². The Kier molecular flexibility index (Phi) is 3.43. The fourth-order valence-corrected chi connectivity index (χ4v) is 2.15. The van der Waals surface area contributed by atoms with E-state index in [1.807, 2.05) is 7.05 Å². The fraction of sp³-hybridized carbons (Fsp3) is 0.636. The molecule has 1 aromatic heterocycles. The molecule has 0 spiro atoms. The minimum atomic E-state index is -4.43. The molecule has 0 bridgehead atoms. The molecule has 7 heteroatoms. The molecule has 100 valence electrons. The second-order valence-corrected chi connectivity index (χ2v) is 4.52. The van der Waals surface area contributed by atoms with Gasteiger partial charge in [0.05, 0.1) is 6.04 Å². The van der Waals surface area contributed by atoms with Gasteiger partial charge in [0, 0.05) is 6.07 Å². The van der Waals surface area contributed by atoms with Crippen molar-refractivity contribution in [3.63, 3.8) is 0 Å². The average molecular weight is 260 g/mol. The molecular formula is C11H15F3N4. The number of nitrogens with zero attached hydrogens (tertiary/aromatic N) is 4. The molecule has 1 saturated heterocycles. The van der Waals surface area contributed by atoms with Crippen LogP contribution in [0, 0.1) is 0 Å². The summed E-state index contributed by atoms with van der Waals surface area (Å²) >= 11 is 0. The van der Waals surface area contributed by atoms with Gasteiger partial charge < -0.3 is 4.90 Å². The van der Waals surface area contributed by atoms with Crippen LogP contribution in [0.1, 0.15) is 24.6 Å². The summed E-state index contributed by atoms with van der Waals surface area (Å²) < 4.78 is 39.2. The van der Waals surface area contributed by atoms with Crippen molar-refractivity contribution in [2.75, 3.05) is 20.1 Å². The third-order valence-corrected chi connectivity index (χ3v) is 3.20. The van der Waals surface area contributed by atoms with Crippen molar-refractivity contribution in [2.24, 2.45) is 4.99 Å². The summed E-state index contributed by atoms with van der Waals surface area (Å²) in [5, 5.41) is 3.64. The van der Waals surface area contributed by atoms with Crippen LogP contribution < -0.4 is 0 Å². The highest BCUT2D eigenvalue weighted by Gasteiger charge is 2.36. The van der Waals surface area contributed by atoms with E-state index in [2.05, 4.69) is 21.7 Å². The van der Waals surface area contributed by atoms with Gasteiger partial charge in [0.15, 0.2) is 11.5 Å². The fourth-order valence-electron chi connectivity index (χ4n) is 2.15. The normalized spacial score (nSPS) is 19.1. The first-order valence-electron chi connectivity index (χ1n) is 5.74. The predicted octanol–water partition coefficient (Wildman–Crippen LogP) is 2.50. The SMILES string of the molecule is C=Nc1cc(C(F)(F)F)nn1C1CCN(C)CC1. The highest BCUT2D eigenvalue weighted by molar-refractivity contribution is 5.41. The van der Waals surface area contributed by atoms with Crippen molar-refractivity contribution in [3.8, 4) is 0 Å². The number of halogens is 3. The van der Waals surface area contributed by atoms with Crippen LogP contribution in [-0.4, -0.2) is 41.5 Å². The Balaban J connectivity index is 2.27. The molecule has 1 aliphatic heterocycles. The first-order valence-corrected chi connectivity index (χ1v) is 5.74. The maximum absolute atomic E-state index is 12.6. The molecule has 0 N–H and O–H groups in total. The van der Waals surface area contributed by atoms with E-state index in [-0.39, 0.29) is 11.9 Å². The monoisotopic (exact) mass is 260 g/mol. The Morgan fingerprint density at radius 1 is 1.39 bits per heavy atom. The molecule has 18 heavy (non-hydrogen) atoms. The summed E-state index contributed by atoms with van der Waals surface area (Å²) in [6.07, 6.45) is -2.88. The molecule has 0 aliphatic carbocycles. The molecule has 0 aromatic carbocycles. The predicted molar refractivity (Wildman–Crippen MR) is 62.2 cm³/mol. The van der Waals surface area contributed by atoms with Gasteiger partial charge in [-0.05, 0) is 39.7 Å². The molecule has 4 nitrogen and oxygen atoms in total. The van der Waals surface area contributed by atoms with Crippen molar-refractivity contribution < 1.29 is 13.2 Å². The van der Waals surface area contributed by atoms with E-state index in [4.69, 9.17) is 0 Å². The van der Waals surface area contributed by atoms with Gasteiger partial charge >= 0.3 is 6.18 Å². The first kappa shape index (κ1) is 13.1. The van der Waals surface area contributed by atoms with Gasteiger partial charge in [-0.2, -0.15) is 18.3 Å². The lowest BCUT2D eigenvalue weighted by atomic mass is 10.1. The minimum Gasteiger partial charge on any atom is -0.306 e. The number of likely N-dealkylation sites (tertiary alicyclic amines) is 1. The van der Waals surface area contributed by atoms with Gasteiger partial charge in [0.1, 0.15) is 0 Å². The summed E-state index contributed by atoms with van der Waals surface area (Å²) in [6, 6.07) is 0.920. The van der Waals surface area contributed by atoms with Gasteiger partial charge in [-0.15, -0.1) is 0 Å². The van der Waals surface area contributed by atoms with E-state index >= 15 is 0 Å². The lowest BCUT2D eigenvalue weighted by Crippen LogP contribution is -2.31. The van der Waals surface area contributed by atoms with E-state index in [0.717, 1.165) is 32.0 Å². The lowest BCUT2D eigenvalue weighted by Gasteiger charge is -2.29. The maximum atomic E-state index is 12.6. The van der Waals surface area contributed by atoms with E-state index in [1.54, 1.807) is 0 Å². The van der Waals surface area contributed by atoms with Crippen LogP contribution in [0.3, 0.4) is 0 Å². The second-order valence-electron chi connectivity index (χ2n) is 4.52. The molecule has 0 saturated carbocycles. The third-order valence-electron chi connectivity index (χ3n) is 3.20. The number of hydrogen-bond donors (Lipinski definition) is 0. The zero-order chi connectivity index (χ0) is 13.3. The highest BCUT2D eigenvalue weighted by atomic mass is 19.4. The van der Waals surface area contributed by atoms with Crippen LogP contribution in [-0.2, 0) is 6.18 Å². The van der Waals surface area contributed by atoms with Crippen molar-refractivity contribution in [1.29, 1.82) is 0 Å². The Morgan fingerprint density at radius 3 is 2.50 bits per heavy atom. The van der Waals surface area contributed by atoms with Crippen LogP contribution >= 0.6 is 0 Å². The molecule has 0 radical (unpaired) electrons. The molecule has 0 unspecified atom stereocenters. The van der Waals surface area contributed by atoms with Gasteiger partial charge in [0.2, 0.25) is 0 Å². The molecule has 0 amide bonds. The van der Waals surface area contributed by atoms with Crippen molar-refractivity contribution in [2.45, 2.75) is 25.1 Å². The number of hydrogen-bond acceptors (Lipinski definition) is 3. The smallest absolute Gasteiger partial charge is 0.306 e. The molecular weight excluding hydrogens is 245 g/mol. The molecule has 2 rings (SSSR count). The third kappa shape index (κ3) is 2.55. The van der Waals surface area contributed by atoms with Gasteiger partial charge in [0.25, 0.3) is 0 Å². The van der Waals surface area contributed by atoms with Crippen molar-refractivity contribution in [3.05, 3.63) is 11.8 Å². The van der Waals surface area contributed by atoms with E-state index < -0.39 is 11.9 Å². The van der Waals surface area contributed by atoms with Crippen molar-refractivity contribution in [1.82, 2.24) is 14.7 Å². The minimum absolute atomic E-state index is 0.0298. The van der Waals surface area contributed by atoms with Crippen LogP contribution in [0.5, 0.6) is 0 Å². The number of aliphatic imine (C=N–C) groups is 1. The second kappa shape index (κ2) is 4.72. The maximum Gasteiger partial charge on any atom is 0.435 e. The average Bonchev–Trinajstić information content (AvgIpc) is 2.73. The largest absolute Gasteiger partial charge is 0.435 e. The summed E-state index contributed by atoms with van der Waals surface area (Å²) in [4.78, 5) is 5.78. The van der Waals surface area contributed by atoms with Gasteiger partial charge in [-0.3, -0.25) is 0 Å². The van der Waals surface area contributed by atoms with E-state index in [9.17, 15) is 13.2 Å². The standard InChI is InChI=1S/C11H15F3N4/c1-15-10-7-9(11(12,13)14)16-18(10)8-3-5-17(2)6-4-8/h7-8H,1,3-6H2,2H3. The molecule has 1 aromatic rings. The Morgan fingerprint density at radius 2 is 2.00 bits per heavy atom. The van der Waals surface area contributed by atoms with Crippen LogP contribution in [0.2, 0.25) is 0 Å². The van der Waals surface area contributed by atoms with Gasteiger partial charge in [-0.1, -0.05) is 0 Å². The number of alkyl halides is 3. The molecule has 1 aliphatic rings. The van der Waals surface area contributed by atoms with Crippen LogP contribution in [0.4, 0.5) is 19.0 Å². The molecule has 1 fully saturated rings. The number of aromatic nitrogens is 2. The molecule has 0 atom stereocenters.